The number of aromatic nitrogens is 2. The van der Waals surface area contributed by atoms with E-state index in [9.17, 15) is 0 Å². The summed E-state index contributed by atoms with van der Waals surface area (Å²) in [5, 5.41) is 9.16. The number of nitrogens with zero attached hydrogens (tertiary/aromatic N) is 2. The van der Waals surface area contributed by atoms with Crippen molar-refractivity contribution in [2.45, 2.75) is 13.2 Å². The van der Waals surface area contributed by atoms with Crippen LogP contribution in [-0.2, 0) is 25.0 Å². The van der Waals surface area contributed by atoms with Crippen LogP contribution >= 0.6 is 0 Å². The first kappa shape index (κ1) is 10.7. The summed E-state index contributed by atoms with van der Waals surface area (Å²) < 4.78 is 7.26. The molecule has 1 aromatic heterocycles. The molecule has 0 fully saturated rings. The number of aryl methyl sites for hydroxylation is 1. The second-order valence-corrected chi connectivity index (χ2v) is 3.60. The van der Waals surface area contributed by atoms with Crippen molar-refractivity contribution < 1.29 is 9.84 Å². The predicted molar refractivity (Wildman–Crippen MR) is 59.8 cm³/mol. The minimum atomic E-state index is 0.0285. The van der Waals surface area contributed by atoms with Crippen molar-refractivity contribution in [2.75, 3.05) is 0 Å². The third-order valence-corrected chi connectivity index (χ3v) is 2.30. The van der Waals surface area contributed by atoms with Crippen molar-refractivity contribution in [1.82, 2.24) is 9.55 Å². The van der Waals surface area contributed by atoms with E-state index in [1.807, 2.05) is 37.4 Å². The molecule has 0 aliphatic heterocycles. The Hall–Kier alpha value is -1.81. The van der Waals surface area contributed by atoms with Gasteiger partial charge >= 0.3 is 0 Å². The summed E-state index contributed by atoms with van der Waals surface area (Å²) in [6, 6.07) is 9.95. The Bertz CT molecular complexity index is 451. The summed E-state index contributed by atoms with van der Waals surface area (Å²) >= 11 is 0. The molecule has 0 unspecified atom stereocenters. The van der Waals surface area contributed by atoms with Gasteiger partial charge in [0, 0.05) is 7.05 Å². The molecule has 2 rings (SSSR count). The maximum Gasteiger partial charge on any atom is 0.229 e. The molecule has 0 saturated carbocycles. The Kier molecular flexibility index (Phi) is 3.22. The lowest BCUT2D eigenvalue weighted by molar-refractivity contribution is 0.0998. The van der Waals surface area contributed by atoms with Gasteiger partial charge in [-0.1, -0.05) is 30.3 Å². The molecule has 0 amide bonds. The van der Waals surface area contributed by atoms with E-state index < -0.39 is 0 Å². The van der Waals surface area contributed by atoms with Crippen molar-refractivity contribution in [1.29, 1.82) is 0 Å². The third kappa shape index (κ3) is 2.61. The van der Waals surface area contributed by atoms with Crippen LogP contribution in [0.3, 0.4) is 0 Å². The fraction of sp³-hybridized carbons (Fsp3) is 0.250. The molecule has 2 aromatic rings. The van der Waals surface area contributed by atoms with Crippen LogP contribution in [0.15, 0.2) is 36.5 Å². The van der Waals surface area contributed by atoms with Gasteiger partial charge in [-0.3, -0.25) is 0 Å². The molecule has 16 heavy (non-hydrogen) atoms. The third-order valence-electron chi connectivity index (χ3n) is 2.30. The fourth-order valence-electron chi connectivity index (χ4n) is 1.46. The van der Waals surface area contributed by atoms with E-state index >= 15 is 0 Å². The highest BCUT2D eigenvalue weighted by atomic mass is 16.5. The zero-order chi connectivity index (χ0) is 11.4. The van der Waals surface area contributed by atoms with E-state index in [-0.39, 0.29) is 5.88 Å². The molecule has 0 spiro atoms. The molecule has 0 bridgehead atoms. The molecule has 0 radical (unpaired) electrons. The van der Waals surface area contributed by atoms with Crippen molar-refractivity contribution in [3.63, 3.8) is 0 Å². The summed E-state index contributed by atoms with van der Waals surface area (Å²) in [6.45, 7) is 0.945. The number of ether oxygens (including phenoxy) is 1. The summed E-state index contributed by atoms with van der Waals surface area (Å²) in [4.78, 5) is 3.93. The Morgan fingerprint density at radius 3 is 2.62 bits per heavy atom. The molecule has 0 atom stereocenters. The SMILES string of the molecule is Cn1cc(O)nc1COCc1ccccc1. The Labute approximate surface area is 94.1 Å². The summed E-state index contributed by atoms with van der Waals surface area (Å²) in [6.07, 6.45) is 1.56. The lowest BCUT2D eigenvalue weighted by Gasteiger charge is -2.03. The van der Waals surface area contributed by atoms with Crippen molar-refractivity contribution in [2.24, 2.45) is 7.05 Å². The molecule has 1 heterocycles. The molecule has 1 aromatic carbocycles. The van der Waals surface area contributed by atoms with Gasteiger partial charge in [-0.2, -0.15) is 4.98 Å². The maximum absolute atomic E-state index is 9.16. The van der Waals surface area contributed by atoms with E-state index in [0.717, 1.165) is 5.56 Å². The Morgan fingerprint density at radius 2 is 2.00 bits per heavy atom. The van der Waals surface area contributed by atoms with E-state index in [2.05, 4.69) is 4.98 Å². The van der Waals surface area contributed by atoms with E-state index in [1.165, 1.54) is 0 Å². The van der Waals surface area contributed by atoms with Gasteiger partial charge in [0.25, 0.3) is 0 Å². The molecule has 0 aliphatic rings. The van der Waals surface area contributed by atoms with Gasteiger partial charge in [-0.25, -0.2) is 0 Å². The highest BCUT2D eigenvalue weighted by molar-refractivity contribution is 5.13. The van der Waals surface area contributed by atoms with E-state index in [4.69, 9.17) is 9.84 Å². The van der Waals surface area contributed by atoms with Crippen LogP contribution in [0.25, 0.3) is 0 Å². The minimum absolute atomic E-state index is 0.0285. The number of hydrogen-bond donors (Lipinski definition) is 1. The monoisotopic (exact) mass is 218 g/mol. The second-order valence-electron chi connectivity index (χ2n) is 3.60. The quantitative estimate of drug-likeness (QED) is 0.851. The topological polar surface area (TPSA) is 47.3 Å². The summed E-state index contributed by atoms with van der Waals surface area (Å²) in [5.41, 5.74) is 1.13. The van der Waals surface area contributed by atoms with Crippen LogP contribution in [-0.4, -0.2) is 14.7 Å². The first-order chi connectivity index (χ1) is 7.75. The number of imidazole rings is 1. The average Bonchev–Trinajstić information content (AvgIpc) is 2.59. The average molecular weight is 218 g/mol. The molecule has 1 N–H and O–H groups in total. The summed E-state index contributed by atoms with van der Waals surface area (Å²) in [7, 11) is 1.83. The molecule has 0 saturated heterocycles. The van der Waals surface area contributed by atoms with Crippen LogP contribution < -0.4 is 0 Å². The molecule has 84 valence electrons. The maximum atomic E-state index is 9.16. The van der Waals surface area contributed by atoms with Crippen LogP contribution in [0.1, 0.15) is 11.4 Å². The molecular weight excluding hydrogens is 204 g/mol. The number of hydrogen-bond acceptors (Lipinski definition) is 3. The van der Waals surface area contributed by atoms with Crippen LogP contribution in [0.2, 0.25) is 0 Å². The Morgan fingerprint density at radius 1 is 1.25 bits per heavy atom. The normalized spacial score (nSPS) is 10.6. The predicted octanol–water partition coefficient (Wildman–Crippen LogP) is 1.84. The molecule has 4 heteroatoms. The fourth-order valence-corrected chi connectivity index (χ4v) is 1.46. The highest BCUT2D eigenvalue weighted by Crippen LogP contribution is 2.09. The Balaban J connectivity index is 1.87. The first-order valence-electron chi connectivity index (χ1n) is 5.08. The molecule has 4 nitrogen and oxygen atoms in total. The van der Waals surface area contributed by atoms with E-state index in [1.54, 1.807) is 10.8 Å². The van der Waals surface area contributed by atoms with Crippen LogP contribution in [0.5, 0.6) is 5.88 Å². The van der Waals surface area contributed by atoms with Gasteiger partial charge in [-0.05, 0) is 5.56 Å². The first-order valence-corrected chi connectivity index (χ1v) is 5.08. The zero-order valence-corrected chi connectivity index (χ0v) is 9.13. The van der Waals surface area contributed by atoms with Gasteiger partial charge in [0.15, 0.2) is 0 Å². The molecular formula is C12H14N2O2. The van der Waals surface area contributed by atoms with Crippen LogP contribution in [0.4, 0.5) is 0 Å². The highest BCUT2D eigenvalue weighted by Gasteiger charge is 2.03. The molecule has 0 aliphatic carbocycles. The lowest BCUT2D eigenvalue weighted by atomic mass is 10.2. The summed E-state index contributed by atoms with van der Waals surface area (Å²) in [5.74, 6) is 0.745. The zero-order valence-electron chi connectivity index (χ0n) is 9.13. The minimum Gasteiger partial charge on any atom is -0.492 e. The lowest BCUT2D eigenvalue weighted by Crippen LogP contribution is -2.00. The standard InChI is InChI=1S/C12H14N2O2/c1-14-7-12(15)13-11(14)9-16-8-10-5-3-2-4-6-10/h2-7,15H,8-9H2,1H3. The van der Waals surface area contributed by atoms with Crippen LogP contribution in [0, 0.1) is 0 Å². The number of benzene rings is 1. The number of aromatic hydroxyl groups is 1. The second kappa shape index (κ2) is 4.81. The number of rotatable bonds is 4. The van der Waals surface area contributed by atoms with Crippen molar-refractivity contribution in [3.05, 3.63) is 47.9 Å². The van der Waals surface area contributed by atoms with Gasteiger partial charge in [0.2, 0.25) is 5.88 Å². The van der Waals surface area contributed by atoms with Gasteiger partial charge in [0.1, 0.15) is 12.4 Å². The van der Waals surface area contributed by atoms with Crippen molar-refractivity contribution >= 4 is 0 Å². The smallest absolute Gasteiger partial charge is 0.229 e. The van der Waals surface area contributed by atoms with Crippen molar-refractivity contribution in [3.8, 4) is 5.88 Å². The largest absolute Gasteiger partial charge is 0.492 e. The van der Waals surface area contributed by atoms with Gasteiger partial charge < -0.3 is 14.4 Å². The van der Waals surface area contributed by atoms with E-state index in [0.29, 0.717) is 19.0 Å². The van der Waals surface area contributed by atoms with Gasteiger partial charge in [0.05, 0.1) is 12.8 Å². The van der Waals surface area contributed by atoms with Gasteiger partial charge in [-0.15, -0.1) is 0 Å².